The Kier molecular flexibility index (Phi) is 25.9. The number of fused-ring (bicyclic) bond motifs is 1. The van der Waals surface area contributed by atoms with Crippen LogP contribution in [0.15, 0.2) is 72.8 Å². The van der Waals surface area contributed by atoms with E-state index in [1.54, 1.807) is 53.7 Å². The average Bonchev–Trinajstić information content (AvgIpc) is 1.17. The van der Waals surface area contributed by atoms with Crippen LogP contribution >= 0.6 is 0 Å². The molecule has 0 radical (unpaired) electrons. The summed E-state index contributed by atoms with van der Waals surface area (Å²) in [5.74, 6) is -8.03. The Balaban J connectivity index is 1.52. The van der Waals surface area contributed by atoms with Crippen LogP contribution in [0.4, 0.5) is 5.82 Å². The molecule has 0 saturated carbocycles. The molecule has 2 aromatic carbocycles. The maximum Gasteiger partial charge on any atom is 0.332 e. The number of carbonyl (C=O) groups is 9. The van der Waals surface area contributed by atoms with Gasteiger partial charge in [0.05, 0.1) is 11.3 Å². The highest BCUT2D eigenvalue weighted by Crippen LogP contribution is 2.29. The third-order valence-corrected chi connectivity index (χ3v) is 18.8. The van der Waals surface area contributed by atoms with Gasteiger partial charge in [0.2, 0.25) is 41.4 Å². The molecule has 0 aliphatic carbocycles. The van der Waals surface area contributed by atoms with E-state index in [0.717, 1.165) is 42.5 Å². The van der Waals surface area contributed by atoms with Crippen molar-refractivity contribution in [2.24, 2.45) is 29.6 Å². The van der Waals surface area contributed by atoms with Crippen molar-refractivity contribution in [1.29, 1.82) is 0 Å². The Morgan fingerprint density at radius 2 is 1.15 bits per heavy atom. The molecule has 506 valence electrons. The van der Waals surface area contributed by atoms with E-state index in [0.29, 0.717) is 36.1 Å². The van der Waals surface area contributed by atoms with Gasteiger partial charge in [-0.25, -0.2) is 9.78 Å². The van der Waals surface area contributed by atoms with Crippen molar-refractivity contribution in [3.05, 3.63) is 83.9 Å². The number of likely N-dealkylation sites (N-methyl/N-ethyl adjacent to an activating group) is 5. The van der Waals surface area contributed by atoms with Gasteiger partial charge in [0.1, 0.15) is 48.1 Å². The first-order valence-electron chi connectivity index (χ1n) is 33.1. The summed E-state index contributed by atoms with van der Waals surface area (Å²) >= 11 is 0. The maximum atomic E-state index is 15.9. The minimum Gasteiger partial charge on any atom is -0.450 e. The summed E-state index contributed by atoms with van der Waals surface area (Å²) in [7, 11) is 7.80. The molecular weight excluding hydrogens is 1170 g/mol. The summed E-state index contributed by atoms with van der Waals surface area (Å²) in [6.07, 6.45) is -0.121. The van der Waals surface area contributed by atoms with Gasteiger partial charge in [-0.15, -0.1) is 0 Å². The largest absolute Gasteiger partial charge is 0.450 e. The van der Waals surface area contributed by atoms with Crippen LogP contribution in [-0.4, -0.2) is 221 Å². The van der Waals surface area contributed by atoms with Gasteiger partial charge in [-0.2, -0.15) is 0 Å². The van der Waals surface area contributed by atoms with Crippen LogP contribution in [0.3, 0.4) is 0 Å². The highest BCUT2D eigenvalue weighted by Gasteiger charge is 2.48. The number of amides is 8. The Bertz CT molecular complexity index is 3050. The van der Waals surface area contributed by atoms with Crippen molar-refractivity contribution >= 4 is 59.0 Å². The molecule has 8 amide bonds. The molecule has 2 unspecified atom stereocenters. The number of cyclic esters (lactones) is 1. The lowest BCUT2D eigenvalue weighted by Gasteiger charge is -2.39. The molecule has 0 spiro atoms. The molecule has 22 heteroatoms. The monoisotopic (exact) mass is 1280 g/mol. The van der Waals surface area contributed by atoms with Gasteiger partial charge in [0.25, 0.3) is 5.91 Å². The van der Waals surface area contributed by atoms with Gasteiger partial charge in [0.15, 0.2) is 12.1 Å². The van der Waals surface area contributed by atoms with Crippen molar-refractivity contribution in [2.75, 3.05) is 72.9 Å². The Hall–Kier alpha value is -7.46. The number of esters is 1. The van der Waals surface area contributed by atoms with Crippen molar-refractivity contribution in [3.63, 3.8) is 0 Å². The molecule has 6 rings (SSSR count). The van der Waals surface area contributed by atoms with Gasteiger partial charge < -0.3 is 60.1 Å². The molecule has 3 saturated heterocycles. The van der Waals surface area contributed by atoms with E-state index in [4.69, 9.17) is 9.72 Å². The zero-order valence-electron chi connectivity index (χ0n) is 57.6. The molecular formula is C70H105N11O11. The highest BCUT2D eigenvalue weighted by atomic mass is 16.6. The van der Waals surface area contributed by atoms with Crippen LogP contribution in [0.5, 0.6) is 0 Å². The molecule has 3 aliphatic heterocycles. The number of pyridine rings is 1. The summed E-state index contributed by atoms with van der Waals surface area (Å²) in [6, 6.07) is 12.2. The van der Waals surface area contributed by atoms with E-state index in [-0.39, 0.29) is 38.1 Å². The first kappa shape index (κ1) is 73.6. The molecule has 0 bridgehead atoms. The highest BCUT2D eigenvalue weighted by molar-refractivity contribution is 5.99. The van der Waals surface area contributed by atoms with Crippen molar-refractivity contribution < 1.29 is 53.0 Å². The van der Waals surface area contributed by atoms with Gasteiger partial charge >= 0.3 is 5.97 Å². The van der Waals surface area contributed by atoms with E-state index in [1.165, 1.54) is 61.6 Å². The summed E-state index contributed by atoms with van der Waals surface area (Å²) in [4.78, 5) is 153. The predicted molar refractivity (Wildman–Crippen MR) is 354 cm³/mol. The van der Waals surface area contributed by atoms with Crippen molar-refractivity contribution in [2.45, 2.75) is 188 Å². The molecule has 3 aliphatic rings. The van der Waals surface area contributed by atoms with Gasteiger partial charge in [-0.1, -0.05) is 130 Å². The normalized spacial score (nSPS) is 25.7. The first-order valence-corrected chi connectivity index (χ1v) is 33.1. The standard InChI is InChI=1S/C70H105N11O11/c1-18-45(9)56-67(88)77(15)57(43(5)6)62(83)72-51(38-42(3)4)65(86)79(17)60(70(11,12)91)69(90)92-59(46(10)19-2)68(89)78(16)58(44(7)8)63(84)73-52(40-47-26-21-20-22-27-47)64(85)76(14)54(66(87)81-33-25-31-53(81)61(82)74-56)41-48-28-23-29-49(39-48)50-30-24-32-55(71-50)80-36-34-75(13)35-37-80/h20-24,26-30,32,39,42-46,51-54,56-60,91H,18-19,25,31,33-38,40-41H2,1-17H3,(H,72,83)(H,73,84)(H,74,82)/t45-,46-,51-,52-,53-,54-,56-,57?,58?,59+,60+/m0/s1. The van der Waals surface area contributed by atoms with E-state index >= 15 is 28.8 Å². The number of nitrogens with zero attached hydrogens (tertiary/aromatic N) is 8. The van der Waals surface area contributed by atoms with E-state index in [9.17, 15) is 19.5 Å². The van der Waals surface area contributed by atoms with Crippen LogP contribution in [0, 0.1) is 29.6 Å². The zero-order valence-corrected chi connectivity index (χ0v) is 57.6. The van der Waals surface area contributed by atoms with Crippen LogP contribution in [0.1, 0.15) is 126 Å². The maximum absolute atomic E-state index is 15.9. The molecule has 11 atom stereocenters. The first-order chi connectivity index (χ1) is 43.3. The molecule has 4 N–H and O–H groups in total. The number of ether oxygens (including phenoxy) is 1. The molecule has 92 heavy (non-hydrogen) atoms. The zero-order chi connectivity index (χ0) is 68.2. The second-order valence-electron chi connectivity index (χ2n) is 27.6. The number of hydrogen-bond donors (Lipinski definition) is 4. The molecule has 3 fully saturated rings. The SMILES string of the molecule is CC[C@H](C)[C@@H]1NC(=O)[C@@H]2CCCN2C(=O)[C@H](Cc2cccc(-c3cccc(N4CCN(C)CC4)n3)c2)N(C)C(=O)[C@H](Cc2ccccc2)NC(=O)C(C(C)C)N(C)C(=O)[C@@H]([C@@H](C)CC)OC(=O)[C@H](C(C)(C)O)N(C)C(=O)[C@H](CC(C)C)NC(=O)C(C(C)C)N(C)C1=O. The number of anilines is 1. The minimum atomic E-state index is -1.99. The van der Waals surface area contributed by atoms with Gasteiger partial charge in [0, 0.05) is 85.2 Å². The number of aromatic nitrogens is 1. The molecule has 1 aromatic heterocycles. The van der Waals surface area contributed by atoms with Crippen molar-refractivity contribution in [1.82, 2.24) is 50.3 Å². The average molecular weight is 1280 g/mol. The molecule has 3 aromatic rings. The van der Waals surface area contributed by atoms with E-state index in [2.05, 4.69) is 32.8 Å². The fourth-order valence-electron chi connectivity index (χ4n) is 13.0. The smallest absolute Gasteiger partial charge is 0.332 e. The number of nitrogens with one attached hydrogen (secondary N) is 3. The van der Waals surface area contributed by atoms with Gasteiger partial charge in [-0.05, 0) is 99.6 Å². The van der Waals surface area contributed by atoms with E-state index in [1.807, 2.05) is 88.4 Å². The Labute approximate surface area is 545 Å². The van der Waals surface area contributed by atoms with E-state index < -0.39 is 137 Å². The number of hydrogen-bond acceptors (Lipinski definition) is 14. The number of benzene rings is 2. The lowest BCUT2D eigenvalue weighted by molar-refractivity contribution is -0.177. The lowest BCUT2D eigenvalue weighted by atomic mass is 9.93. The third kappa shape index (κ3) is 18.0. The summed E-state index contributed by atoms with van der Waals surface area (Å²) in [6.45, 7) is 24.1. The van der Waals surface area contributed by atoms with Crippen molar-refractivity contribution in [3.8, 4) is 11.3 Å². The third-order valence-electron chi connectivity index (χ3n) is 18.8. The van der Waals surface area contributed by atoms with Crippen LogP contribution in [0.25, 0.3) is 11.3 Å². The van der Waals surface area contributed by atoms with Crippen LogP contribution < -0.4 is 20.9 Å². The Morgan fingerprint density at radius 3 is 1.73 bits per heavy atom. The predicted octanol–water partition coefficient (Wildman–Crippen LogP) is 5.19. The fraction of sp³-hybridized carbons (Fsp3) is 0.629. The number of carbonyl (C=O) groups excluding carboxylic acids is 9. The summed E-state index contributed by atoms with van der Waals surface area (Å²) in [5.41, 5.74) is 0.856. The minimum absolute atomic E-state index is 0.0311. The molecule has 22 nitrogen and oxygen atoms in total. The topological polar surface area (TPSA) is 255 Å². The number of rotatable bonds is 15. The van der Waals surface area contributed by atoms with Gasteiger partial charge in [-0.3, -0.25) is 38.4 Å². The van der Waals surface area contributed by atoms with Crippen LogP contribution in [-0.2, 0) is 60.7 Å². The Morgan fingerprint density at radius 1 is 0.587 bits per heavy atom. The molecule has 4 heterocycles. The summed E-state index contributed by atoms with van der Waals surface area (Å²) in [5, 5.41) is 20.7. The lowest BCUT2D eigenvalue weighted by Crippen LogP contribution is -2.63. The summed E-state index contributed by atoms with van der Waals surface area (Å²) < 4.78 is 6.15. The second kappa shape index (κ2) is 32.4. The quantitative estimate of drug-likeness (QED) is 0.143. The fourth-order valence-corrected chi connectivity index (χ4v) is 13.0. The van der Waals surface area contributed by atoms with Crippen LogP contribution in [0.2, 0.25) is 0 Å². The second-order valence-corrected chi connectivity index (χ2v) is 27.6. The number of aliphatic hydroxyl groups is 1. The number of piperazine rings is 1.